The Morgan fingerprint density at radius 2 is 1.91 bits per heavy atom. The molecule has 4 rings (SSSR count). The van der Waals surface area contributed by atoms with Crippen LogP contribution in [0.1, 0.15) is 29.6 Å². The van der Waals surface area contributed by atoms with Crippen molar-refractivity contribution in [3.8, 4) is 5.69 Å². The molecular formula is C25H22Cl2N2O4. The molecule has 0 N–H and O–H groups in total. The van der Waals surface area contributed by atoms with Gasteiger partial charge in [0.25, 0.3) is 5.91 Å². The van der Waals surface area contributed by atoms with Gasteiger partial charge in [0.15, 0.2) is 0 Å². The van der Waals surface area contributed by atoms with Crippen molar-refractivity contribution < 1.29 is 18.7 Å². The summed E-state index contributed by atoms with van der Waals surface area (Å²) in [7, 11) is 1.30. The molecule has 2 aromatic heterocycles. The minimum Gasteiger partial charge on any atom is -0.467 e. The number of furan rings is 1. The molecule has 1 aromatic carbocycles. The number of esters is 1. The molecule has 0 radical (unpaired) electrons. The number of carbonyl (C=O) groups is 2. The fraction of sp³-hybridized carbons (Fsp3) is 0.200. The third-order valence-corrected chi connectivity index (χ3v) is 6.25. The van der Waals surface area contributed by atoms with Gasteiger partial charge in [0.2, 0.25) is 0 Å². The van der Waals surface area contributed by atoms with Crippen LogP contribution in [-0.2, 0) is 20.9 Å². The predicted octanol–water partition coefficient (Wildman–Crippen LogP) is 5.87. The van der Waals surface area contributed by atoms with E-state index in [1.165, 1.54) is 12.0 Å². The Labute approximate surface area is 201 Å². The molecule has 33 heavy (non-hydrogen) atoms. The third-order valence-electron chi connectivity index (χ3n) is 5.72. The highest BCUT2D eigenvalue weighted by molar-refractivity contribution is 6.35. The first kappa shape index (κ1) is 23.0. The SMILES string of the molecule is COC(=O)C1=C(C)N(Cc2ccco2)C(=O)C1=Cc1cc(C)n(-c2ccc(Cl)cc2Cl)c1C. The maximum absolute atomic E-state index is 13.4. The molecule has 1 aliphatic rings. The number of hydrogen-bond donors (Lipinski definition) is 0. The lowest BCUT2D eigenvalue weighted by molar-refractivity contribution is -0.136. The van der Waals surface area contributed by atoms with E-state index in [1.807, 2.05) is 30.5 Å². The number of allylic oxidation sites excluding steroid dienone is 1. The van der Waals surface area contributed by atoms with E-state index in [0.29, 0.717) is 21.5 Å². The van der Waals surface area contributed by atoms with Gasteiger partial charge in [0.05, 0.1) is 41.8 Å². The second kappa shape index (κ2) is 8.96. The van der Waals surface area contributed by atoms with Gasteiger partial charge in [0, 0.05) is 22.1 Å². The van der Waals surface area contributed by atoms with Crippen molar-refractivity contribution in [2.24, 2.45) is 0 Å². The number of methoxy groups -OCH3 is 1. The summed E-state index contributed by atoms with van der Waals surface area (Å²) in [6.07, 6.45) is 3.27. The summed E-state index contributed by atoms with van der Waals surface area (Å²) in [6, 6.07) is 10.8. The van der Waals surface area contributed by atoms with Gasteiger partial charge in [0.1, 0.15) is 5.76 Å². The zero-order chi connectivity index (χ0) is 23.9. The lowest BCUT2D eigenvalue weighted by Crippen LogP contribution is -2.24. The van der Waals surface area contributed by atoms with Crippen LogP contribution in [0.3, 0.4) is 0 Å². The Morgan fingerprint density at radius 1 is 1.15 bits per heavy atom. The summed E-state index contributed by atoms with van der Waals surface area (Å²) in [5.74, 6) is -0.244. The summed E-state index contributed by atoms with van der Waals surface area (Å²) in [5.41, 5.74) is 4.37. The molecule has 1 amide bonds. The van der Waals surface area contributed by atoms with Gasteiger partial charge in [-0.2, -0.15) is 0 Å². The molecule has 6 nitrogen and oxygen atoms in total. The maximum atomic E-state index is 13.4. The second-order valence-corrected chi connectivity index (χ2v) is 8.58. The number of halogens is 2. The van der Waals surface area contributed by atoms with Crippen LogP contribution >= 0.6 is 23.2 Å². The Morgan fingerprint density at radius 3 is 2.55 bits per heavy atom. The molecule has 0 saturated heterocycles. The van der Waals surface area contributed by atoms with E-state index >= 15 is 0 Å². The molecule has 0 bridgehead atoms. The van der Waals surface area contributed by atoms with Crippen molar-refractivity contribution >= 4 is 41.2 Å². The molecule has 1 aliphatic heterocycles. The Hall–Kier alpha value is -3.22. The van der Waals surface area contributed by atoms with Crippen molar-refractivity contribution in [3.63, 3.8) is 0 Å². The van der Waals surface area contributed by atoms with E-state index in [1.54, 1.807) is 43.5 Å². The summed E-state index contributed by atoms with van der Waals surface area (Å²) in [5, 5.41) is 1.06. The van der Waals surface area contributed by atoms with Crippen LogP contribution in [0.4, 0.5) is 0 Å². The lowest BCUT2D eigenvalue weighted by Gasteiger charge is -2.16. The molecule has 0 unspecified atom stereocenters. The molecule has 0 aliphatic carbocycles. The van der Waals surface area contributed by atoms with E-state index in [0.717, 1.165) is 22.6 Å². The van der Waals surface area contributed by atoms with E-state index in [-0.39, 0.29) is 23.6 Å². The number of carbonyl (C=O) groups excluding carboxylic acids is 2. The topological polar surface area (TPSA) is 64.7 Å². The van der Waals surface area contributed by atoms with Crippen LogP contribution < -0.4 is 0 Å². The van der Waals surface area contributed by atoms with Gasteiger partial charge in [-0.05, 0) is 68.8 Å². The van der Waals surface area contributed by atoms with E-state index in [9.17, 15) is 9.59 Å². The second-order valence-electron chi connectivity index (χ2n) is 7.74. The van der Waals surface area contributed by atoms with Crippen LogP contribution in [0.2, 0.25) is 10.0 Å². The zero-order valence-corrected chi connectivity index (χ0v) is 20.1. The number of ether oxygens (including phenoxy) is 1. The van der Waals surface area contributed by atoms with Gasteiger partial charge < -0.3 is 18.6 Å². The van der Waals surface area contributed by atoms with Crippen LogP contribution in [0.15, 0.2) is 63.9 Å². The molecule has 0 fully saturated rings. The van der Waals surface area contributed by atoms with Crippen LogP contribution in [-0.4, -0.2) is 28.5 Å². The number of rotatable bonds is 5. The zero-order valence-electron chi connectivity index (χ0n) is 18.6. The molecule has 170 valence electrons. The quantitative estimate of drug-likeness (QED) is 0.335. The van der Waals surface area contributed by atoms with E-state index < -0.39 is 5.97 Å². The highest BCUT2D eigenvalue weighted by atomic mass is 35.5. The van der Waals surface area contributed by atoms with Crippen molar-refractivity contribution in [2.75, 3.05) is 7.11 Å². The van der Waals surface area contributed by atoms with Gasteiger partial charge in [-0.3, -0.25) is 4.79 Å². The van der Waals surface area contributed by atoms with Crippen LogP contribution in [0.5, 0.6) is 0 Å². The first-order chi connectivity index (χ1) is 15.7. The average molecular weight is 485 g/mol. The Balaban J connectivity index is 1.80. The van der Waals surface area contributed by atoms with E-state index in [4.69, 9.17) is 32.4 Å². The maximum Gasteiger partial charge on any atom is 0.340 e. The number of hydrogen-bond acceptors (Lipinski definition) is 4. The van der Waals surface area contributed by atoms with Crippen molar-refractivity contribution in [1.29, 1.82) is 0 Å². The first-order valence-electron chi connectivity index (χ1n) is 10.2. The average Bonchev–Trinajstić information content (AvgIpc) is 3.44. The van der Waals surface area contributed by atoms with Gasteiger partial charge >= 0.3 is 5.97 Å². The van der Waals surface area contributed by atoms with Crippen LogP contribution in [0, 0.1) is 13.8 Å². The number of benzene rings is 1. The Kier molecular flexibility index (Phi) is 6.23. The summed E-state index contributed by atoms with van der Waals surface area (Å²) in [6.45, 7) is 5.82. The highest BCUT2D eigenvalue weighted by Gasteiger charge is 2.37. The van der Waals surface area contributed by atoms with Crippen LogP contribution in [0.25, 0.3) is 11.8 Å². The molecule has 0 spiro atoms. The number of nitrogens with zero attached hydrogens (tertiary/aromatic N) is 2. The fourth-order valence-corrected chi connectivity index (χ4v) is 4.59. The minimum atomic E-state index is -0.566. The summed E-state index contributed by atoms with van der Waals surface area (Å²) >= 11 is 12.5. The van der Waals surface area contributed by atoms with E-state index in [2.05, 4.69) is 0 Å². The monoisotopic (exact) mass is 484 g/mol. The molecule has 3 aromatic rings. The van der Waals surface area contributed by atoms with Gasteiger partial charge in [-0.15, -0.1) is 0 Å². The summed E-state index contributed by atoms with van der Waals surface area (Å²) in [4.78, 5) is 27.5. The molecule has 3 heterocycles. The largest absolute Gasteiger partial charge is 0.467 e. The highest BCUT2D eigenvalue weighted by Crippen LogP contribution is 2.35. The Bertz CT molecular complexity index is 1320. The molecular weight excluding hydrogens is 463 g/mol. The lowest BCUT2D eigenvalue weighted by atomic mass is 10.0. The summed E-state index contributed by atoms with van der Waals surface area (Å²) < 4.78 is 12.4. The number of aryl methyl sites for hydroxylation is 1. The first-order valence-corrected chi connectivity index (χ1v) is 11.0. The predicted molar refractivity (Wildman–Crippen MR) is 127 cm³/mol. The minimum absolute atomic E-state index is 0.217. The normalized spacial score (nSPS) is 15.2. The van der Waals surface area contributed by atoms with Gasteiger partial charge in [-0.25, -0.2) is 4.79 Å². The van der Waals surface area contributed by atoms with Crippen molar-refractivity contribution in [3.05, 3.63) is 92.3 Å². The molecule has 0 saturated carbocycles. The molecule has 0 atom stereocenters. The fourth-order valence-electron chi connectivity index (χ4n) is 4.10. The smallest absolute Gasteiger partial charge is 0.340 e. The standard InChI is InChI=1S/C25H22Cl2N2O4/c1-14-10-17(15(2)29(14)22-8-7-18(26)12-21(22)27)11-20-23(25(31)32-4)16(3)28(24(20)30)13-19-6-5-9-33-19/h5-12H,13H2,1-4H3. The number of amides is 1. The van der Waals surface area contributed by atoms with Gasteiger partial charge in [-0.1, -0.05) is 23.2 Å². The van der Waals surface area contributed by atoms with Crippen molar-refractivity contribution in [2.45, 2.75) is 27.3 Å². The van der Waals surface area contributed by atoms with Crippen molar-refractivity contribution in [1.82, 2.24) is 9.47 Å². The number of aromatic nitrogens is 1. The molecule has 8 heteroatoms. The third kappa shape index (κ3) is 4.12.